The third kappa shape index (κ3) is 5.26. The molecule has 5 nitrogen and oxygen atoms in total. The Morgan fingerprint density at radius 2 is 1.67 bits per heavy atom. The summed E-state index contributed by atoms with van der Waals surface area (Å²) in [6, 6.07) is 22.3. The van der Waals surface area contributed by atoms with Gasteiger partial charge in [-0.05, 0) is 48.7 Å². The van der Waals surface area contributed by atoms with Crippen LogP contribution in [0, 0.1) is 6.92 Å². The molecule has 0 aromatic heterocycles. The number of carbonyl (C=O) groups excluding carboxylic acids is 2. The molecule has 0 saturated heterocycles. The van der Waals surface area contributed by atoms with Crippen molar-refractivity contribution in [2.24, 2.45) is 0 Å². The van der Waals surface area contributed by atoms with Gasteiger partial charge in [0.1, 0.15) is 5.75 Å². The van der Waals surface area contributed by atoms with Gasteiger partial charge in [0.2, 0.25) is 5.91 Å². The van der Waals surface area contributed by atoms with Crippen LogP contribution in [-0.2, 0) is 11.2 Å². The topological polar surface area (TPSA) is 67.4 Å². The zero-order chi connectivity index (χ0) is 21.5. The molecule has 154 valence electrons. The number of anilines is 1. The largest absolute Gasteiger partial charge is 0.496 e. The maximum absolute atomic E-state index is 12.8. The van der Waals surface area contributed by atoms with Gasteiger partial charge < -0.3 is 15.4 Å². The second-order valence-corrected chi connectivity index (χ2v) is 7.18. The minimum atomic E-state index is -0.234. The number of methoxy groups -OCH3 is 1. The highest BCUT2D eigenvalue weighted by molar-refractivity contribution is 6.04. The number of aryl methyl sites for hydroxylation is 1. The number of rotatable bonds is 7. The first-order chi connectivity index (χ1) is 14.5. The molecule has 30 heavy (non-hydrogen) atoms. The van der Waals surface area contributed by atoms with Crippen molar-refractivity contribution in [3.8, 4) is 5.75 Å². The van der Waals surface area contributed by atoms with Crippen LogP contribution in [0.15, 0.2) is 72.8 Å². The molecule has 2 N–H and O–H groups in total. The summed E-state index contributed by atoms with van der Waals surface area (Å²) in [4.78, 5) is 25.4. The van der Waals surface area contributed by atoms with Crippen LogP contribution < -0.4 is 15.4 Å². The number of hydrogen-bond acceptors (Lipinski definition) is 3. The van der Waals surface area contributed by atoms with E-state index >= 15 is 0 Å². The quantitative estimate of drug-likeness (QED) is 0.603. The van der Waals surface area contributed by atoms with Crippen LogP contribution in [0.5, 0.6) is 5.75 Å². The fraction of sp³-hybridized carbons (Fsp3) is 0.200. The van der Waals surface area contributed by atoms with Gasteiger partial charge >= 0.3 is 0 Å². The van der Waals surface area contributed by atoms with E-state index in [9.17, 15) is 9.59 Å². The van der Waals surface area contributed by atoms with Crippen LogP contribution in [-0.4, -0.2) is 18.9 Å². The first-order valence-electron chi connectivity index (χ1n) is 9.86. The normalized spacial score (nSPS) is 11.4. The van der Waals surface area contributed by atoms with Crippen molar-refractivity contribution in [1.82, 2.24) is 5.32 Å². The molecule has 3 rings (SSSR count). The molecule has 0 unspecified atom stereocenters. The molecule has 0 spiro atoms. The average molecular weight is 402 g/mol. The van der Waals surface area contributed by atoms with E-state index in [2.05, 4.69) is 10.6 Å². The molecule has 1 atom stereocenters. The molecule has 2 amide bonds. The Morgan fingerprint density at radius 1 is 0.967 bits per heavy atom. The van der Waals surface area contributed by atoms with Crippen LogP contribution >= 0.6 is 0 Å². The lowest BCUT2D eigenvalue weighted by molar-refractivity contribution is -0.115. The number of hydrogen-bond donors (Lipinski definition) is 2. The molecule has 0 aliphatic carbocycles. The molecule has 0 saturated carbocycles. The van der Waals surface area contributed by atoms with E-state index < -0.39 is 0 Å². The molecule has 3 aromatic carbocycles. The Balaban J connectivity index is 1.69. The molecular weight excluding hydrogens is 376 g/mol. The summed E-state index contributed by atoms with van der Waals surface area (Å²) in [7, 11) is 1.62. The Kier molecular flexibility index (Phi) is 6.86. The fourth-order valence-corrected chi connectivity index (χ4v) is 3.32. The van der Waals surface area contributed by atoms with Gasteiger partial charge in [0, 0.05) is 0 Å². The van der Waals surface area contributed by atoms with Gasteiger partial charge in [-0.3, -0.25) is 9.59 Å². The Morgan fingerprint density at radius 3 is 2.37 bits per heavy atom. The lowest BCUT2D eigenvalue weighted by atomic mass is 10.1. The van der Waals surface area contributed by atoms with Crippen LogP contribution in [0.4, 0.5) is 5.69 Å². The second kappa shape index (κ2) is 9.74. The standard InChI is InChI=1S/C25H26N2O3/c1-17-15-19(13-14-23(17)30-3)16-24(28)27-22-12-8-7-11-21(22)25(29)26-18(2)20-9-5-4-6-10-20/h4-15,18H,16H2,1-3H3,(H,26,29)(H,27,28)/t18-/m0/s1. The van der Waals surface area contributed by atoms with Gasteiger partial charge in [0.05, 0.1) is 30.8 Å². The highest BCUT2D eigenvalue weighted by Gasteiger charge is 2.16. The summed E-state index contributed by atoms with van der Waals surface area (Å²) >= 11 is 0. The van der Waals surface area contributed by atoms with Crippen molar-refractivity contribution in [1.29, 1.82) is 0 Å². The Hall–Kier alpha value is -3.60. The number of amides is 2. The first-order valence-corrected chi connectivity index (χ1v) is 9.86. The number of benzene rings is 3. The monoisotopic (exact) mass is 402 g/mol. The van der Waals surface area contributed by atoms with Crippen molar-refractivity contribution in [2.75, 3.05) is 12.4 Å². The minimum absolute atomic E-state index is 0.148. The van der Waals surface area contributed by atoms with Gasteiger partial charge in [-0.2, -0.15) is 0 Å². The number of para-hydroxylation sites is 1. The van der Waals surface area contributed by atoms with E-state index in [-0.39, 0.29) is 24.3 Å². The third-order valence-electron chi connectivity index (χ3n) is 4.92. The summed E-state index contributed by atoms with van der Waals surface area (Å²) in [6.45, 7) is 3.87. The number of nitrogens with one attached hydrogen (secondary N) is 2. The molecule has 5 heteroatoms. The van der Waals surface area contributed by atoms with Crippen molar-refractivity contribution in [3.63, 3.8) is 0 Å². The van der Waals surface area contributed by atoms with Crippen molar-refractivity contribution in [2.45, 2.75) is 26.3 Å². The van der Waals surface area contributed by atoms with Crippen LogP contribution in [0.3, 0.4) is 0 Å². The van der Waals surface area contributed by atoms with Crippen LogP contribution in [0.25, 0.3) is 0 Å². The second-order valence-electron chi connectivity index (χ2n) is 7.18. The van der Waals surface area contributed by atoms with Crippen molar-refractivity contribution in [3.05, 3.63) is 95.1 Å². The fourth-order valence-electron chi connectivity index (χ4n) is 3.32. The first kappa shape index (κ1) is 21.1. The van der Waals surface area contributed by atoms with E-state index in [1.165, 1.54) is 0 Å². The predicted octanol–water partition coefficient (Wildman–Crippen LogP) is 4.68. The molecule has 0 aliphatic rings. The summed E-state index contributed by atoms with van der Waals surface area (Å²) in [6.07, 6.45) is 0.210. The molecule has 0 radical (unpaired) electrons. The highest BCUT2D eigenvalue weighted by atomic mass is 16.5. The zero-order valence-electron chi connectivity index (χ0n) is 17.4. The van der Waals surface area contributed by atoms with Crippen molar-refractivity contribution < 1.29 is 14.3 Å². The summed E-state index contributed by atoms with van der Waals surface area (Å²) in [5.74, 6) is 0.368. The number of carbonyl (C=O) groups is 2. The van der Waals surface area contributed by atoms with Crippen LogP contribution in [0.2, 0.25) is 0 Å². The van der Waals surface area contributed by atoms with Crippen molar-refractivity contribution >= 4 is 17.5 Å². The summed E-state index contributed by atoms with van der Waals surface area (Å²) in [5.41, 5.74) is 3.79. The smallest absolute Gasteiger partial charge is 0.253 e. The summed E-state index contributed by atoms with van der Waals surface area (Å²) in [5, 5.41) is 5.86. The minimum Gasteiger partial charge on any atom is -0.496 e. The van der Waals surface area contributed by atoms with Gasteiger partial charge in [0.15, 0.2) is 0 Å². The number of ether oxygens (including phenoxy) is 1. The molecular formula is C25H26N2O3. The highest BCUT2D eigenvalue weighted by Crippen LogP contribution is 2.21. The molecule has 0 bridgehead atoms. The lowest BCUT2D eigenvalue weighted by Crippen LogP contribution is -2.28. The van der Waals surface area contributed by atoms with Gasteiger partial charge in [-0.15, -0.1) is 0 Å². The van der Waals surface area contributed by atoms with E-state index in [1.807, 2.05) is 62.4 Å². The molecule has 0 heterocycles. The van der Waals surface area contributed by atoms with Gasteiger partial charge in [-0.1, -0.05) is 54.6 Å². The lowest BCUT2D eigenvalue weighted by Gasteiger charge is -2.16. The Labute approximate surface area is 177 Å². The maximum Gasteiger partial charge on any atom is 0.253 e. The average Bonchev–Trinajstić information content (AvgIpc) is 2.74. The zero-order valence-corrected chi connectivity index (χ0v) is 17.4. The Bertz CT molecular complexity index is 1030. The maximum atomic E-state index is 12.8. The van der Waals surface area contributed by atoms with Gasteiger partial charge in [0.25, 0.3) is 5.91 Å². The third-order valence-corrected chi connectivity index (χ3v) is 4.92. The molecule has 0 fully saturated rings. The van der Waals surface area contributed by atoms with E-state index in [4.69, 9.17) is 4.74 Å². The molecule has 3 aromatic rings. The summed E-state index contributed by atoms with van der Waals surface area (Å²) < 4.78 is 5.26. The van der Waals surface area contributed by atoms with E-state index in [0.717, 1.165) is 22.4 Å². The van der Waals surface area contributed by atoms with Crippen LogP contribution in [0.1, 0.15) is 40.0 Å². The van der Waals surface area contributed by atoms with Gasteiger partial charge in [-0.25, -0.2) is 0 Å². The SMILES string of the molecule is COc1ccc(CC(=O)Nc2ccccc2C(=O)N[C@@H](C)c2ccccc2)cc1C. The predicted molar refractivity (Wildman–Crippen MR) is 119 cm³/mol. The van der Waals surface area contributed by atoms with E-state index in [0.29, 0.717) is 11.3 Å². The van der Waals surface area contributed by atoms with E-state index in [1.54, 1.807) is 31.4 Å². The molecule has 0 aliphatic heterocycles.